The van der Waals surface area contributed by atoms with Gasteiger partial charge in [0, 0.05) is 19.0 Å². The molecule has 1 N–H and O–H groups in total. The molecule has 0 radical (unpaired) electrons. The van der Waals surface area contributed by atoms with Crippen molar-refractivity contribution in [2.24, 2.45) is 0 Å². The van der Waals surface area contributed by atoms with Crippen molar-refractivity contribution in [1.82, 2.24) is 8.10 Å². The van der Waals surface area contributed by atoms with E-state index in [1.165, 1.54) is 0 Å². The molecule has 1 fully saturated rings. The molecule has 0 bridgehead atoms. The summed E-state index contributed by atoms with van der Waals surface area (Å²) in [6.07, 6.45) is 2.37. The standard InChI is InChI=1S/C5H2ClI2NO.C4H4INO2/c6-5-3(8)4(10)2(7)1-9-5;5-6-3(7)1-2-4(6)8/h1H,(H,9,10);1-2H2. The number of nitrogens with one attached hydrogen (secondary N) is 1. The van der Waals surface area contributed by atoms with Gasteiger partial charge in [0.2, 0.25) is 17.2 Å². The fourth-order valence-corrected chi connectivity index (χ4v) is 3.02. The highest BCUT2D eigenvalue weighted by atomic mass is 127. The van der Waals surface area contributed by atoms with Gasteiger partial charge in [0.05, 0.1) is 30.0 Å². The molecule has 0 saturated carbocycles. The second kappa shape index (κ2) is 7.38. The van der Waals surface area contributed by atoms with Gasteiger partial charge in [-0.25, -0.2) is 3.11 Å². The Kier molecular flexibility index (Phi) is 6.81. The molecule has 1 saturated heterocycles. The molecule has 1 aliphatic heterocycles. The molecule has 2 rings (SSSR count). The van der Waals surface area contributed by atoms with Crippen molar-refractivity contribution in [2.75, 3.05) is 0 Å². The molecule has 18 heavy (non-hydrogen) atoms. The molecule has 0 aliphatic carbocycles. The van der Waals surface area contributed by atoms with Crippen LogP contribution in [0, 0.1) is 7.14 Å². The molecule has 1 aromatic rings. The lowest BCUT2D eigenvalue weighted by molar-refractivity contribution is -0.130. The normalized spacial score (nSPS) is 14.6. The van der Waals surface area contributed by atoms with Gasteiger partial charge in [-0.15, -0.1) is 0 Å². The maximum atomic E-state index is 11.1. The predicted molar refractivity (Wildman–Crippen MR) is 92.6 cm³/mol. The summed E-state index contributed by atoms with van der Waals surface area (Å²) in [5.41, 5.74) is -0.00931. The lowest BCUT2D eigenvalue weighted by atomic mass is 10.4. The van der Waals surface area contributed by atoms with Crippen LogP contribution >= 0.6 is 79.6 Å². The van der Waals surface area contributed by atoms with Crippen LogP contribution in [-0.4, -0.2) is 19.9 Å². The summed E-state index contributed by atoms with van der Waals surface area (Å²) in [6, 6.07) is 0. The number of pyridine rings is 1. The van der Waals surface area contributed by atoms with Crippen molar-refractivity contribution < 1.29 is 9.59 Å². The zero-order chi connectivity index (χ0) is 13.9. The topological polar surface area (TPSA) is 70.2 Å². The monoisotopic (exact) mass is 606 g/mol. The summed E-state index contributed by atoms with van der Waals surface area (Å²) in [5.74, 6) is -0.147. The Labute approximate surface area is 149 Å². The molecule has 9 heteroatoms. The summed E-state index contributed by atoms with van der Waals surface area (Å²) in [5, 5.41) is 0.408. The van der Waals surface area contributed by atoms with Crippen LogP contribution in [0.15, 0.2) is 11.0 Å². The fourth-order valence-electron chi connectivity index (χ4n) is 1.01. The maximum absolute atomic E-state index is 11.1. The first-order valence-electron chi connectivity index (χ1n) is 4.58. The van der Waals surface area contributed by atoms with E-state index in [-0.39, 0.29) is 17.2 Å². The third-order valence-corrected chi connectivity index (χ3v) is 5.45. The molecule has 0 unspecified atom stereocenters. The third kappa shape index (κ3) is 4.30. The maximum Gasteiger partial charge on any atom is 0.238 e. The van der Waals surface area contributed by atoms with Crippen molar-refractivity contribution >= 4 is 91.5 Å². The van der Waals surface area contributed by atoms with Crippen LogP contribution in [0.1, 0.15) is 12.8 Å². The molecule has 2 amide bonds. The van der Waals surface area contributed by atoms with Gasteiger partial charge in [-0.2, -0.15) is 0 Å². The minimum absolute atomic E-state index is 0.00931. The number of halogens is 4. The summed E-state index contributed by atoms with van der Waals surface area (Å²) in [6.45, 7) is 0. The molecule has 5 nitrogen and oxygen atoms in total. The second-order valence-corrected chi connectivity index (χ2v) is 6.75. The highest BCUT2D eigenvalue weighted by Crippen LogP contribution is 2.15. The van der Waals surface area contributed by atoms with E-state index >= 15 is 0 Å². The van der Waals surface area contributed by atoms with E-state index in [9.17, 15) is 14.4 Å². The molecular formula is C9H6ClI3N2O3. The van der Waals surface area contributed by atoms with E-state index < -0.39 is 0 Å². The number of carbonyl (C=O) groups is 2. The molecule has 0 aromatic carbocycles. The number of hydrogen-bond donors (Lipinski definition) is 1. The average molecular weight is 606 g/mol. The van der Waals surface area contributed by atoms with Crippen LogP contribution in [0.2, 0.25) is 5.15 Å². The van der Waals surface area contributed by atoms with Gasteiger partial charge < -0.3 is 4.98 Å². The SMILES string of the molecule is O=C1CCC(=O)N1I.O=c1c(I)c[nH]c(Cl)c1I. The van der Waals surface area contributed by atoms with Crippen LogP contribution in [0.3, 0.4) is 0 Å². The second-order valence-electron chi connectivity index (χ2n) is 3.16. The van der Waals surface area contributed by atoms with Gasteiger partial charge in [0.15, 0.2) is 0 Å². The number of hydrogen-bond acceptors (Lipinski definition) is 3. The first-order chi connectivity index (χ1) is 8.34. The quantitative estimate of drug-likeness (QED) is 0.214. The van der Waals surface area contributed by atoms with Crippen molar-refractivity contribution in [3.8, 4) is 0 Å². The number of aromatic amines is 1. The number of H-pyrrole nitrogens is 1. The van der Waals surface area contributed by atoms with Gasteiger partial charge in [-0.3, -0.25) is 14.4 Å². The van der Waals surface area contributed by atoms with Gasteiger partial charge in [-0.1, -0.05) is 11.6 Å². The van der Waals surface area contributed by atoms with Crippen molar-refractivity contribution in [2.45, 2.75) is 12.8 Å². The van der Waals surface area contributed by atoms with Gasteiger partial charge in [0.25, 0.3) is 0 Å². The molecule has 2 heterocycles. The zero-order valence-corrected chi connectivity index (χ0v) is 15.9. The highest BCUT2D eigenvalue weighted by Gasteiger charge is 2.26. The molecule has 1 aliphatic rings. The van der Waals surface area contributed by atoms with Crippen molar-refractivity contribution in [3.05, 3.63) is 28.7 Å². The van der Waals surface area contributed by atoms with Crippen LogP contribution in [-0.2, 0) is 9.59 Å². The summed E-state index contributed by atoms with van der Waals surface area (Å²) in [4.78, 5) is 34.8. The van der Waals surface area contributed by atoms with Crippen molar-refractivity contribution in [3.63, 3.8) is 0 Å². The predicted octanol–water partition coefficient (Wildman–Crippen LogP) is 2.72. The molecule has 1 aromatic heterocycles. The van der Waals surface area contributed by atoms with Crippen LogP contribution in [0.5, 0.6) is 0 Å². The van der Waals surface area contributed by atoms with E-state index in [0.717, 1.165) is 3.11 Å². The largest absolute Gasteiger partial charge is 0.350 e. The summed E-state index contributed by atoms with van der Waals surface area (Å²) in [7, 11) is 0. The van der Waals surface area contributed by atoms with Gasteiger partial charge in [-0.05, 0) is 45.2 Å². The van der Waals surface area contributed by atoms with E-state index in [4.69, 9.17) is 11.6 Å². The van der Waals surface area contributed by atoms with E-state index in [1.54, 1.807) is 29.1 Å². The Balaban J connectivity index is 0.000000184. The van der Waals surface area contributed by atoms with Gasteiger partial charge in [0.1, 0.15) is 5.15 Å². The summed E-state index contributed by atoms with van der Waals surface area (Å²) < 4.78 is 2.34. The van der Waals surface area contributed by atoms with Crippen LogP contribution in [0.25, 0.3) is 0 Å². The lowest BCUT2D eigenvalue weighted by Gasteiger charge is -1.97. The van der Waals surface area contributed by atoms with E-state index in [1.807, 2.05) is 45.2 Å². The minimum atomic E-state index is -0.0735. The Bertz CT molecular complexity index is 530. The Morgan fingerprint density at radius 3 is 2.00 bits per heavy atom. The first kappa shape index (κ1) is 16.6. The minimum Gasteiger partial charge on any atom is -0.350 e. The fraction of sp³-hybridized carbons (Fsp3) is 0.222. The number of nitrogens with zero attached hydrogens (tertiary/aromatic N) is 1. The Hall–Kier alpha value is 0.570. The molecule has 98 valence electrons. The van der Waals surface area contributed by atoms with Gasteiger partial charge >= 0.3 is 0 Å². The Morgan fingerprint density at radius 2 is 1.67 bits per heavy atom. The smallest absolute Gasteiger partial charge is 0.238 e. The molecule has 0 atom stereocenters. The highest BCUT2D eigenvalue weighted by molar-refractivity contribution is 14.1. The van der Waals surface area contributed by atoms with E-state index in [2.05, 4.69) is 4.98 Å². The lowest BCUT2D eigenvalue weighted by Crippen LogP contribution is -2.16. The van der Waals surface area contributed by atoms with E-state index in [0.29, 0.717) is 25.1 Å². The average Bonchev–Trinajstić information content (AvgIpc) is 2.64. The van der Waals surface area contributed by atoms with Crippen molar-refractivity contribution in [1.29, 1.82) is 0 Å². The number of imide groups is 1. The number of carbonyl (C=O) groups excluding carboxylic acids is 2. The molecule has 0 spiro atoms. The molecular weight excluding hydrogens is 600 g/mol. The summed E-state index contributed by atoms with van der Waals surface area (Å²) >= 11 is 11.2. The number of aromatic nitrogens is 1. The van der Waals surface area contributed by atoms with Crippen LogP contribution < -0.4 is 5.43 Å². The zero-order valence-electron chi connectivity index (χ0n) is 8.68. The van der Waals surface area contributed by atoms with Crippen LogP contribution in [0.4, 0.5) is 0 Å². The first-order valence-corrected chi connectivity index (χ1v) is 8.08. The number of amides is 2. The number of rotatable bonds is 0. The third-order valence-electron chi connectivity index (χ3n) is 1.93. The Morgan fingerprint density at radius 1 is 1.17 bits per heavy atom.